The molecule has 1 fully saturated rings. The molecule has 5 aromatic rings. The van der Waals surface area contributed by atoms with Gasteiger partial charge in [0, 0.05) is 79.2 Å². The van der Waals surface area contributed by atoms with Crippen LogP contribution >= 0.6 is 11.3 Å². The Kier molecular flexibility index (Phi) is 17.2. The van der Waals surface area contributed by atoms with Crippen molar-refractivity contribution in [3.8, 4) is 16.2 Å². The Morgan fingerprint density at radius 3 is 2.29 bits per heavy atom. The van der Waals surface area contributed by atoms with E-state index in [1.54, 1.807) is 42.5 Å². The van der Waals surface area contributed by atoms with Crippen LogP contribution < -0.4 is 15.4 Å². The van der Waals surface area contributed by atoms with E-state index in [0.29, 0.717) is 12.1 Å². The van der Waals surface area contributed by atoms with Crippen LogP contribution in [0.2, 0.25) is 0 Å². The Morgan fingerprint density at radius 2 is 1.62 bits per heavy atom. The Bertz CT molecular complexity index is 2660. The number of nitrogens with one attached hydrogen (secondary N) is 3. The van der Waals surface area contributed by atoms with Crippen molar-refractivity contribution in [1.29, 1.82) is 0 Å². The molecule has 7 rings (SSSR count). The smallest absolute Gasteiger partial charge is 0.253 e. The van der Waals surface area contributed by atoms with E-state index in [9.17, 15) is 28.3 Å². The highest BCUT2D eigenvalue weighted by Gasteiger charge is 2.45. The maximum atomic E-state index is 16.0. The summed E-state index contributed by atoms with van der Waals surface area (Å²) in [6, 6.07) is 13.9. The molecular formula is C53H65F5N6O7S. The fraction of sp³-hybridized carbons (Fsp3) is 0.509. The molecule has 0 radical (unpaired) electrons. The lowest BCUT2D eigenvalue weighted by Gasteiger charge is -2.43. The molecule has 0 aliphatic carbocycles. The molecule has 390 valence electrons. The highest BCUT2D eigenvalue weighted by atomic mass is 32.1. The minimum Gasteiger partial charge on any atom is -0.493 e. The molecule has 19 heteroatoms. The number of β-amino-alcohol motifs (C(OH)–C–C–N with tert-alkyl or cyclic N) is 1. The Balaban J connectivity index is 0.836. The number of benzene rings is 3. The second-order valence-corrected chi connectivity index (χ2v) is 21.4. The van der Waals surface area contributed by atoms with Crippen LogP contribution in [-0.4, -0.2) is 125 Å². The first-order valence-electron chi connectivity index (χ1n) is 24.2. The minimum absolute atomic E-state index is 0.0310. The number of amides is 3. The number of aromatic nitrogens is 2. The summed E-state index contributed by atoms with van der Waals surface area (Å²) < 4.78 is 93.2. The number of hydrogen-bond donors (Lipinski definition) is 4. The highest BCUT2D eigenvalue weighted by molar-refractivity contribution is 7.13. The highest BCUT2D eigenvalue weighted by Crippen LogP contribution is 2.44. The summed E-state index contributed by atoms with van der Waals surface area (Å²) in [5, 5.41) is 17.0. The van der Waals surface area contributed by atoms with E-state index in [4.69, 9.17) is 14.2 Å². The zero-order valence-corrected chi connectivity index (χ0v) is 42.6. The van der Waals surface area contributed by atoms with Crippen molar-refractivity contribution in [2.75, 3.05) is 46.1 Å². The number of hydrogen-bond acceptors (Lipinski definition) is 10. The molecule has 3 aromatic carbocycles. The zero-order chi connectivity index (χ0) is 52.1. The summed E-state index contributed by atoms with van der Waals surface area (Å²) in [6.07, 6.45) is -1.83. The van der Waals surface area contributed by atoms with Crippen molar-refractivity contribution in [2.45, 2.75) is 123 Å². The number of halogens is 5. The lowest BCUT2D eigenvalue weighted by Crippen LogP contribution is -2.58. The molecule has 1 saturated heterocycles. The van der Waals surface area contributed by atoms with Gasteiger partial charge in [0.25, 0.3) is 5.92 Å². The van der Waals surface area contributed by atoms with E-state index in [2.05, 4.69) is 20.6 Å². The number of likely N-dealkylation sites (tertiary alicyclic amines) is 1. The summed E-state index contributed by atoms with van der Waals surface area (Å²) in [4.78, 5) is 52.1. The Morgan fingerprint density at radius 1 is 0.944 bits per heavy atom. The average molecular weight is 1030 g/mol. The minimum atomic E-state index is -3.25. The topological polar surface area (TPSA) is 158 Å². The predicted octanol–water partition coefficient (Wildman–Crippen LogP) is 8.60. The van der Waals surface area contributed by atoms with Crippen LogP contribution in [0.5, 0.6) is 5.75 Å². The van der Waals surface area contributed by atoms with E-state index in [1.165, 1.54) is 18.7 Å². The second kappa shape index (κ2) is 22.7. The van der Waals surface area contributed by atoms with E-state index >= 15 is 13.2 Å². The van der Waals surface area contributed by atoms with Crippen LogP contribution in [0.15, 0.2) is 66.2 Å². The van der Waals surface area contributed by atoms with Crippen molar-refractivity contribution in [2.24, 2.45) is 5.41 Å². The van der Waals surface area contributed by atoms with Crippen molar-refractivity contribution < 1.29 is 55.7 Å². The molecule has 4 heterocycles. The third kappa shape index (κ3) is 13.4. The number of fused-ring (bicyclic) bond motifs is 3. The standard InChI is InChI=1S/C53H65F5N6O7S/c1-31-22-38-37-10-8-9-11-41(37)61-45(38)46(64(31)29-52(6,7)56)44-39(54)24-36(25-40(44)55)71-19-17-53(57,58)16-18-69-20-21-70-28-43(66)62-48(51(3,4)5)50(68)63-27-35(65)23-42(63)49(67)59-26-33-12-14-34(15-13-33)47-32(2)60-30-72-47/h8-15,24-25,30-31,35,42,46,48,61,65H,16-23,26-29H2,1-7H3,(H,59,67)(H,62,66)/t31-,35-,42+,46-,48-/m1/s1. The quantitative estimate of drug-likeness (QED) is 0.0418. The number of H-pyrrole nitrogens is 1. The van der Waals surface area contributed by atoms with Crippen LogP contribution in [0.3, 0.4) is 0 Å². The number of para-hydroxylation sites is 1. The molecule has 2 aromatic heterocycles. The van der Waals surface area contributed by atoms with Gasteiger partial charge in [-0.3, -0.25) is 19.3 Å². The van der Waals surface area contributed by atoms with Gasteiger partial charge in [0.15, 0.2) is 0 Å². The Labute approximate surface area is 420 Å². The number of carbonyl (C=O) groups is 3. The summed E-state index contributed by atoms with van der Waals surface area (Å²) in [7, 11) is 0. The van der Waals surface area contributed by atoms with Gasteiger partial charge in [-0.05, 0) is 62.3 Å². The number of ether oxygens (including phenoxy) is 3. The van der Waals surface area contributed by atoms with Gasteiger partial charge in [-0.15, -0.1) is 11.3 Å². The van der Waals surface area contributed by atoms with Crippen LogP contribution in [-0.2, 0) is 36.8 Å². The lowest BCUT2D eigenvalue weighted by molar-refractivity contribution is -0.144. The number of thiazole rings is 1. The summed E-state index contributed by atoms with van der Waals surface area (Å²) in [6.45, 7) is 10.3. The lowest BCUT2D eigenvalue weighted by atomic mass is 9.85. The molecule has 72 heavy (non-hydrogen) atoms. The van der Waals surface area contributed by atoms with E-state index in [1.807, 2.05) is 62.4 Å². The number of nitrogens with zero attached hydrogens (tertiary/aromatic N) is 3. The van der Waals surface area contributed by atoms with Gasteiger partial charge >= 0.3 is 0 Å². The van der Waals surface area contributed by atoms with Crippen molar-refractivity contribution in [3.63, 3.8) is 0 Å². The fourth-order valence-corrected chi connectivity index (χ4v) is 10.2. The van der Waals surface area contributed by atoms with Gasteiger partial charge in [0.2, 0.25) is 17.7 Å². The largest absolute Gasteiger partial charge is 0.493 e. The molecule has 0 bridgehead atoms. The van der Waals surface area contributed by atoms with Gasteiger partial charge in [-0.25, -0.2) is 26.9 Å². The van der Waals surface area contributed by atoms with Crippen LogP contribution in [0.1, 0.15) is 94.9 Å². The van der Waals surface area contributed by atoms with Gasteiger partial charge in [-0.1, -0.05) is 63.2 Å². The first-order chi connectivity index (χ1) is 34.0. The molecule has 13 nitrogen and oxygen atoms in total. The number of aliphatic hydroxyl groups is 1. The molecular weight excluding hydrogens is 960 g/mol. The van der Waals surface area contributed by atoms with Gasteiger partial charge < -0.3 is 39.8 Å². The third-order valence-electron chi connectivity index (χ3n) is 13.1. The molecule has 2 aliphatic rings. The molecule has 2 aliphatic heterocycles. The number of aromatic amines is 1. The van der Waals surface area contributed by atoms with Gasteiger partial charge in [0.05, 0.1) is 54.7 Å². The molecule has 0 spiro atoms. The van der Waals surface area contributed by atoms with Crippen LogP contribution in [0.25, 0.3) is 21.3 Å². The zero-order valence-electron chi connectivity index (χ0n) is 41.8. The number of carbonyl (C=O) groups excluding carboxylic acids is 3. The van der Waals surface area contributed by atoms with Crippen molar-refractivity contribution >= 4 is 40.0 Å². The normalized spacial score (nSPS) is 19.1. The molecule has 0 saturated carbocycles. The number of alkyl halides is 3. The SMILES string of the molecule is Cc1ncsc1-c1ccc(CNC(=O)[C@@H]2C[C@@H](O)CN2C(=O)[C@@H](NC(=O)COCCOCCC(F)(F)CCOc2cc(F)c([C@@H]3c4[nH]c5ccccc5c4C[C@@H](C)N3CC(C)(C)F)c(F)c2)C(C)(C)C)cc1. The molecule has 5 atom stereocenters. The first-order valence-corrected chi connectivity index (χ1v) is 25.1. The summed E-state index contributed by atoms with van der Waals surface area (Å²) >= 11 is 1.54. The number of rotatable bonds is 21. The van der Waals surface area contributed by atoms with E-state index < -0.39 is 96.6 Å². The van der Waals surface area contributed by atoms with E-state index in [-0.39, 0.29) is 63.2 Å². The maximum Gasteiger partial charge on any atom is 0.253 e. The predicted molar refractivity (Wildman–Crippen MR) is 265 cm³/mol. The summed E-state index contributed by atoms with van der Waals surface area (Å²) in [5.74, 6) is -7.02. The van der Waals surface area contributed by atoms with Crippen LogP contribution in [0.4, 0.5) is 22.0 Å². The van der Waals surface area contributed by atoms with Gasteiger partial charge in [0.1, 0.15) is 41.7 Å². The van der Waals surface area contributed by atoms with Crippen molar-refractivity contribution in [1.82, 2.24) is 30.4 Å². The van der Waals surface area contributed by atoms with Gasteiger partial charge in [-0.2, -0.15) is 0 Å². The monoisotopic (exact) mass is 1020 g/mol. The van der Waals surface area contributed by atoms with Crippen molar-refractivity contribution in [3.05, 3.63) is 106 Å². The maximum absolute atomic E-state index is 16.0. The second-order valence-electron chi connectivity index (χ2n) is 20.5. The van der Waals surface area contributed by atoms with Crippen LogP contribution in [0, 0.1) is 24.0 Å². The number of aliphatic hydroxyl groups excluding tert-OH is 1. The number of aryl methyl sites for hydroxylation is 1. The fourth-order valence-electron chi connectivity index (χ4n) is 9.44. The summed E-state index contributed by atoms with van der Waals surface area (Å²) in [5.41, 5.74) is 4.06. The third-order valence-corrected chi connectivity index (χ3v) is 14.0. The Hall–Kier alpha value is -5.47. The first kappa shape index (κ1) is 54.3. The van der Waals surface area contributed by atoms with E-state index in [0.717, 1.165) is 50.3 Å². The molecule has 0 unspecified atom stereocenters. The molecule has 4 N–H and O–H groups in total. The molecule has 3 amide bonds. The average Bonchev–Trinajstić information content (AvgIpc) is 4.03.